The third kappa shape index (κ3) is 1.62. The van der Waals surface area contributed by atoms with E-state index in [2.05, 4.69) is 25.2 Å². The summed E-state index contributed by atoms with van der Waals surface area (Å²) < 4.78 is 5.81. The minimum atomic E-state index is 0.229. The van der Waals surface area contributed by atoms with Crippen LogP contribution in [0.2, 0.25) is 0 Å². The molecule has 3 heteroatoms. The number of nitriles is 1. The van der Waals surface area contributed by atoms with Gasteiger partial charge in [0.2, 0.25) is 0 Å². The van der Waals surface area contributed by atoms with Crippen molar-refractivity contribution in [3.05, 3.63) is 0 Å². The highest BCUT2D eigenvalue weighted by Crippen LogP contribution is 2.52. The van der Waals surface area contributed by atoms with Gasteiger partial charge in [-0.2, -0.15) is 5.26 Å². The zero-order valence-electron chi connectivity index (χ0n) is 10.8. The van der Waals surface area contributed by atoms with Crippen molar-refractivity contribution in [1.82, 2.24) is 5.32 Å². The Morgan fingerprint density at radius 1 is 1.29 bits per heavy atom. The summed E-state index contributed by atoms with van der Waals surface area (Å²) >= 11 is 0. The molecule has 0 aromatic heterocycles. The fourth-order valence-electron chi connectivity index (χ4n) is 4.21. The number of hydrogen-bond acceptors (Lipinski definition) is 3. The van der Waals surface area contributed by atoms with Crippen LogP contribution >= 0.6 is 0 Å². The zero-order chi connectivity index (χ0) is 12.0. The Kier molecular flexibility index (Phi) is 2.68. The molecule has 17 heavy (non-hydrogen) atoms. The van der Waals surface area contributed by atoms with E-state index in [4.69, 9.17) is 10.00 Å². The summed E-state index contributed by atoms with van der Waals surface area (Å²) in [5.41, 5.74) is 0.240. The molecule has 3 nitrogen and oxygen atoms in total. The van der Waals surface area contributed by atoms with Gasteiger partial charge in [-0.15, -0.1) is 0 Å². The van der Waals surface area contributed by atoms with E-state index >= 15 is 0 Å². The molecule has 5 unspecified atom stereocenters. The fourth-order valence-corrected chi connectivity index (χ4v) is 4.21. The smallest absolute Gasteiger partial charge is 0.0685 e. The van der Waals surface area contributed by atoms with Gasteiger partial charge in [0.15, 0.2) is 0 Å². The van der Waals surface area contributed by atoms with Crippen LogP contribution in [0.25, 0.3) is 0 Å². The molecule has 0 spiro atoms. The SMILES string of the molecule is CC1(C)C(NC2CCCC2C#N)C2CCOC21. The van der Waals surface area contributed by atoms with Gasteiger partial charge in [-0.25, -0.2) is 0 Å². The van der Waals surface area contributed by atoms with Gasteiger partial charge in [0.05, 0.1) is 18.1 Å². The maximum Gasteiger partial charge on any atom is 0.0685 e. The molecule has 1 heterocycles. The number of nitrogens with zero attached hydrogens (tertiary/aromatic N) is 1. The highest BCUT2D eigenvalue weighted by Gasteiger charge is 2.59. The lowest BCUT2D eigenvalue weighted by Crippen LogP contribution is -2.67. The first kappa shape index (κ1) is 11.5. The third-order valence-electron chi connectivity index (χ3n) is 5.18. The van der Waals surface area contributed by atoms with E-state index < -0.39 is 0 Å². The van der Waals surface area contributed by atoms with Gasteiger partial charge in [-0.1, -0.05) is 20.3 Å². The molecule has 1 N–H and O–H groups in total. The summed E-state index contributed by atoms with van der Waals surface area (Å²) in [5, 5.41) is 12.9. The van der Waals surface area contributed by atoms with Crippen LogP contribution in [-0.2, 0) is 4.74 Å². The van der Waals surface area contributed by atoms with E-state index in [1.165, 1.54) is 19.3 Å². The van der Waals surface area contributed by atoms with Gasteiger partial charge in [-0.05, 0) is 19.3 Å². The zero-order valence-corrected chi connectivity index (χ0v) is 10.8. The minimum Gasteiger partial charge on any atom is -0.377 e. The third-order valence-corrected chi connectivity index (χ3v) is 5.18. The topological polar surface area (TPSA) is 45.0 Å². The molecule has 0 aromatic rings. The van der Waals surface area contributed by atoms with Crippen LogP contribution in [0.15, 0.2) is 0 Å². The van der Waals surface area contributed by atoms with Crippen molar-refractivity contribution in [2.45, 2.75) is 57.7 Å². The van der Waals surface area contributed by atoms with E-state index in [9.17, 15) is 0 Å². The van der Waals surface area contributed by atoms with Crippen molar-refractivity contribution in [2.24, 2.45) is 17.3 Å². The lowest BCUT2D eigenvalue weighted by Gasteiger charge is -2.55. The van der Waals surface area contributed by atoms with Crippen molar-refractivity contribution in [2.75, 3.05) is 6.61 Å². The van der Waals surface area contributed by atoms with Crippen LogP contribution < -0.4 is 5.32 Å². The Balaban J connectivity index is 1.67. The predicted molar refractivity (Wildman–Crippen MR) is 65.3 cm³/mol. The summed E-state index contributed by atoms with van der Waals surface area (Å²) in [4.78, 5) is 0. The summed E-state index contributed by atoms with van der Waals surface area (Å²) in [6.45, 7) is 5.52. The molecule has 3 fully saturated rings. The van der Waals surface area contributed by atoms with Crippen LogP contribution in [-0.4, -0.2) is 24.8 Å². The van der Waals surface area contributed by atoms with Crippen molar-refractivity contribution in [3.8, 4) is 6.07 Å². The second-order valence-electron chi connectivity index (χ2n) is 6.48. The average Bonchev–Trinajstić information content (AvgIpc) is 2.93. The molecule has 0 amide bonds. The van der Waals surface area contributed by atoms with Crippen molar-refractivity contribution < 1.29 is 4.74 Å². The van der Waals surface area contributed by atoms with Crippen LogP contribution in [0.4, 0.5) is 0 Å². The summed E-state index contributed by atoms with van der Waals surface area (Å²) in [6, 6.07) is 3.43. The lowest BCUT2D eigenvalue weighted by atomic mass is 9.57. The minimum absolute atomic E-state index is 0.229. The Morgan fingerprint density at radius 3 is 2.88 bits per heavy atom. The first-order chi connectivity index (χ1) is 8.14. The second-order valence-corrected chi connectivity index (χ2v) is 6.48. The monoisotopic (exact) mass is 234 g/mol. The molecule has 94 valence electrons. The van der Waals surface area contributed by atoms with Gasteiger partial charge in [-0.3, -0.25) is 0 Å². The Bertz CT molecular complexity index is 347. The number of fused-ring (bicyclic) bond motifs is 1. The largest absolute Gasteiger partial charge is 0.377 e. The molecule has 0 radical (unpaired) electrons. The Hall–Kier alpha value is -0.590. The molecule has 5 atom stereocenters. The van der Waals surface area contributed by atoms with E-state index in [-0.39, 0.29) is 11.3 Å². The lowest BCUT2D eigenvalue weighted by molar-refractivity contribution is -0.116. The van der Waals surface area contributed by atoms with Gasteiger partial charge >= 0.3 is 0 Å². The molecule has 3 aliphatic rings. The van der Waals surface area contributed by atoms with E-state index in [1.54, 1.807) is 0 Å². The number of nitrogens with one attached hydrogen (secondary N) is 1. The van der Waals surface area contributed by atoms with Gasteiger partial charge in [0.25, 0.3) is 0 Å². The van der Waals surface area contributed by atoms with Gasteiger partial charge in [0.1, 0.15) is 0 Å². The molecule has 0 bridgehead atoms. The first-order valence-corrected chi connectivity index (χ1v) is 6.92. The highest BCUT2D eigenvalue weighted by atomic mass is 16.5. The Morgan fingerprint density at radius 2 is 2.12 bits per heavy atom. The number of hydrogen-bond donors (Lipinski definition) is 1. The molecular formula is C14H22N2O. The van der Waals surface area contributed by atoms with Crippen LogP contribution in [0, 0.1) is 28.6 Å². The van der Waals surface area contributed by atoms with Crippen LogP contribution in [0.1, 0.15) is 39.5 Å². The van der Waals surface area contributed by atoms with Crippen molar-refractivity contribution in [3.63, 3.8) is 0 Å². The fraction of sp³-hybridized carbons (Fsp3) is 0.929. The van der Waals surface area contributed by atoms with E-state index in [0.717, 1.165) is 13.0 Å². The maximum absolute atomic E-state index is 9.14. The molecule has 1 saturated heterocycles. The molecule has 3 rings (SSSR count). The maximum atomic E-state index is 9.14. The van der Waals surface area contributed by atoms with Gasteiger partial charge < -0.3 is 10.1 Å². The van der Waals surface area contributed by atoms with E-state index in [1.807, 2.05) is 0 Å². The number of ether oxygens (including phenoxy) is 1. The van der Waals surface area contributed by atoms with Crippen LogP contribution in [0.5, 0.6) is 0 Å². The molecule has 0 aromatic carbocycles. The summed E-state index contributed by atoms with van der Waals surface area (Å²) in [5.74, 6) is 0.914. The molecule has 2 aliphatic carbocycles. The highest BCUT2D eigenvalue weighted by molar-refractivity contribution is 5.13. The van der Waals surface area contributed by atoms with E-state index in [0.29, 0.717) is 24.1 Å². The average molecular weight is 234 g/mol. The number of rotatable bonds is 2. The van der Waals surface area contributed by atoms with Gasteiger partial charge in [0, 0.05) is 30.0 Å². The van der Waals surface area contributed by atoms with Crippen molar-refractivity contribution in [1.29, 1.82) is 5.26 Å². The molecule has 2 saturated carbocycles. The standard InChI is InChI=1S/C14H22N2O/c1-14(2)12(10-6-7-17-13(10)14)16-11-5-3-4-9(11)8-15/h9-13,16H,3-7H2,1-2H3. The van der Waals surface area contributed by atoms with Crippen LogP contribution in [0.3, 0.4) is 0 Å². The quantitative estimate of drug-likeness (QED) is 0.795. The second kappa shape index (κ2) is 3.96. The molecular weight excluding hydrogens is 212 g/mol. The normalized spacial score (nSPS) is 47.2. The summed E-state index contributed by atoms with van der Waals surface area (Å²) in [7, 11) is 0. The predicted octanol–water partition coefficient (Wildman–Crippen LogP) is 2.08. The van der Waals surface area contributed by atoms with Crippen molar-refractivity contribution >= 4 is 0 Å². The Labute approximate surface area is 104 Å². The molecule has 1 aliphatic heterocycles. The summed E-state index contributed by atoms with van der Waals surface area (Å²) in [6.07, 6.45) is 5.08. The first-order valence-electron chi connectivity index (χ1n) is 6.92.